The zero-order valence-corrected chi connectivity index (χ0v) is 9.28. The van der Waals surface area contributed by atoms with Crippen molar-refractivity contribution in [3.63, 3.8) is 0 Å². The molecule has 2 rings (SSSR count). The minimum atomic E-state index is 0.188. The van der Waals surface area contributed by atoms with E-state index in [0.717, 1.165) is 12.8 Å². The average molecular weight is 218 g/mol. The summed E-state index contributed by atoms with van der Waals surface area (Å²) < 4.78 is 0. The first-order valence-corrected chi connectivity index (χ1v) is 5.89. The topological polar surface area (TPSA) is 38.9 Å². The molecule has 1 aromatic heterocycles. The maximum atomic E-state index is 6.08. The molecule has 0 radical (unpaired) electrons. The SMILES string of the molecule is NC(Cc1ccccc1)Cc1cncs1. The summed E-state index contributed by atoms with van der Waals surface area (Å²) in [7, 11) is 0. The van der Waals surface area contributed by atoms with Gasteiger partial charge in [0, 0.05) is 17.1 Å². The Balaban J connectivity index is 1.90. The number of thiazole rings is 1. The molecule has 0 amide bonds. The second kappa shape index (κ2) is 5.05. The minimum Gasteiger partial charge on any atom is -0.327 e. The van der Waals surface area contributed by atoms with Crippen LogP contribution in [-0.2, 0) is 12.8 Å². The van der Waals surface area contributed by atoms with E-state index in [0.29, 0.717) is 0 Å². The Morgan fingerprint density at radius 3 is 2.67 bits per heavy atom. The van der Waals surface area contributed by atoms with E-state index in [1.165, 1.54) is 10.4 Å². The van der Waals surface area contributed by atoms with Crippen LogP contribution in [0.4, 0.5) is 0 Å². The van der Waals surface area contributed by atoms with Crippen LogP contribution in [0.2, 0.25) is 0 Å². The van der Waals surface area contributed by atoms with Crippen LogP contribution in [0.15, 0.2) is 42.0 Å². The molecule has 78 valence electrons. The van der Waals surface area contributed by atoms with Crippen LogP contribution in [0.1, 0.15) is 10.4 Å². The minimum absolute atomic E-state index is 0.188. The van der Waals surface area contributed by atoms with E-state index in [4.69, 9.17) is 5.73 Å². The Morgan fingerprint density at radius 2 is 2.00 bits per heavy atom. The van der Waals surface area contributed by atoms with Crippen molar-refractivity contribution in [3.8, 4) is 0 Å². The van der Waals surface area contributed by atoms with Gasteiger partial charge >= 0.3 is 0 Å². The molecule has 1 unspecified atom stereocenters. The van der Waals surface area contributed by atoms with Crippen molar-refractivity contribution in [3.05, 3.63) is 52.5 Å². The summed E-state index contributed by atoms with van der Waals surface area (Å²) in [6.45, 7) is 0. The first kappa shape index (κ1) is 10.3. The lowest BCUT2D eigenvalue weighted by molar-refractivity contribution is 0.670. The van der Waals surface area contributed by atoms with Crippen molar-refractivity contribution in [2.75, 3.05) is 0 Å². The summed E-state index contributed by atoms with van der Waals surface area (Å²) in [5.41, 5.74) is 9.23. The molecule has 2 nitrogen and oxygen atoms in total. The third-order valence-corrected chi connectivity index (χ3v) is 3.09. The predicted molar refractivity (Wildman–Crippen MR) is 63.9 cm³/mol. The van der Waals surface area contributed by atoms with Crippen molar-refractivity contribution < 1.29 is 0 Å². The first-order valence-electron chi connectivity index (χ1n) is 5.01. The second-order valence-electron chi connectivity index (χ2n) is 3.62. The second-order valence-corrected chi connectivity index (χ2v) is 4.59. The lowest BCUT2D eigenvalue weighted by atomic mass is 10.0. The van der Waals surface area contributed by atoms with Gasteiger partial charge < -0.3 is 5.73 Å². The number of benzene rings is 1. The number of nitrogens with zero attached hydrogens (tertiary/aromatic N) is 1. The molecular weight excluding hydrogens is 204 g/mol. The maximum absolute atomic E-state index is 6.08. The first-order chi connectivity index (χ1) is 7.34. The standard InChI is InChI=1S/C12H14N2S/c13-11(7-12-8-14-9-15-12)6-10-4-2-1-3-5-10/h1-5,8-9,11H,6-7,13H2. The highest BCUT2D eigenvalue weighted by Gasteiger charge is 2.06. The number of aromatic nitrogens is 1. The Hall–Kier alpha value is -1.19. The Morgan fingerprint density at radius 1 is 1.20 bits per heavy atom. The zero-order chi connectivity index (χ0) is 10.5. The van der Waals surface area contributed by atoms with Crippen molar-refractivity contribution in [2.45, 2.75) is 18.9 Å². The predicted octanol–water partition coefficient (Wildman–Crippen LogP) is 2.26. The van der Waals surface area contributed by atoms with Gasteiger partial charge in [0.25, 0.3) is 0 Å². The molecule has 0 saturated heterocycles. The molecule has 0 spiro atoms. The Kier molecular flexibility index (Phi) is 3.48. The molecule has 1 atom stereocenters. The average Bonchev–Trinajstić information content (AvgIpc) is 2.71. The van der Waals surface area contributed by atoms with E-state index in [2.05, 4.69) is 29.2 Å². The van der Waals surface area contributed by atoms with Crippen molar-refractivity contribution in [2.24, 2.45) is 5.73 Å². The molecular formula is C12H14N2S. The fourth-order valence-electron chi connectivity index (χ4n) is 1.59. The van der Waals surface area contributed by atoms with Gasteiger partial charge in [0.1, 0.15) is 0 Å². The lowest BCUT2D eigenvalue weighted by Gasteiger charge is -2.09. The van der Waals surface area contributed by atoms with Crippen LogP contribution in [0.3, 0.4) is 0 Å². The third-order valence-electron chi connectivity index (χ3n) is 2.29. The molecule has 15 heavy (non-hydrogen) atoms. The molecule has 2 N–H and O–H groups in total. The molecule has 0 aliphatic carbocycles. The van der Waals surface area contributed by atoms with Gasteiger partial charge in [0.2, 0.25) is 0 Å². The number of hydrogen-bond donors (Lipinski definition) is 1. The molecule has 3 heteroatoms. The van der Waals surface area contributed by atoms with Gasteiger partial charge in [-0.2, -0.15) is 0 Å². The van der Waals surface area contributed by atoms with Crippen molar-refractivity contribution in [1.82, 2.24) is 4.98 Å². The van der Waals surface area contributed by atoms with Crippen LogP contribution >= 0.6 is 11.3 Å². The molecule has 0 saturated carbocycles. The normalized spacial score (nSPS) is 12.6. The van der Waals surface area contributed by atoms with Crippen LogP contribution in [0.25, 0.3) is 0 Å². The molecule has 0 aliphatic rings. The monoisotopic (exact) mass is 218 g/mol. The van der Waals surface area contributed by atoms with E-state index < -0.39 is 0 Å². The van der Waals surface area contributed by atoms with E-state index in [1.54, 1.807) is 11.3 Å². The summed E-state index contributed by atoms with van der Waals surface area (Å²) in [6, 6.07) is 10.5. The number of nitrogens with two attached hydrogens (primary N) is 1. The summed E-state index contributed by atoms with van der Waals surface area (Å²) in [4.78, 5) is 5.31. The highest BCUT2D eigenvalue weighted by Crippen LogP contribution is 2.10. The summed E-state index contributed by atoms with van der Waals surface area (Å²) in [6.07, 6.45) is 3.74. The Labute approximate surface area is 93.8 Å². The molecule has 0 fully saturated rings. The highest BCUT2D eigenvalue weighted by molar-refractivity contribution is 7.09. The number of rotatable bonds is 4. The van der Waals surface area contributed by atoms with Crippen molar-refractivity contribution >= 4 is 11.3 Å². The van der Waals surface area contributed by atoms with E-state index in [9.17, 15) is 0 Å². The van der Waals surface area contributed by atoms with Crippen LogP contribution in [0, 0.1) is 0 Å². The zero-order valence-electron chi connectivity index (χ0n) is 8.47. The lowest BCUT2D eigenvalue weighted by Crippen LogP contribution is -2.25. The number of hydrogen-bond acceptors (Lipinski definition) is 3. The van der Waals surface area contributed by atoms with Gasteiger partial charge in [-0.25, -0.2) is 0 Å². The van der Waals surface area contributed by atoms with Crippen molar-refractivity contribution in [1.29, 1.82) is 0 Å². The van der Waals surface area contributed by atoms with Gasteiger partial charge in [-0.1, -0.05) is 30.3 Å². The van der Waals surface area contributed by atoms with Gasteiger partial charge in [-0.15, -0.1) is 11.3 Å². The fourth-order valence-corrected chi connectivity index (χ4v) is 2.28. The van der Waals surface area contributed by atoms with Crippen LogP contribution in [0.5, 0.6) is 0 Å². The molecule has 2 aromatic rings. The van der Waals surface area contributed by atoms with Crippen LogP contribution < -0.4 is 5.73 Å². The van der Waals surface area contributed by atoms with Gasteiger partial charge in [0.05, 0.1) is 5.51 Å². The summed E-state index contributed by atoms with van der Waals surface area (Å²) in [5, 5.41) is 0. The van der Waals surface area contributed by atoms with E-state index >= 15 is 0 Å². The van der Waals surface area contributed by atoms with Crippen LogP contribution in [-0.4, -0.2) is 11.0 Å². The fraction of sp³-hybridized carbons (Fsp3) is 0.250. The molecule has 0 aliphatic heterocycles. The van der Waals surface area contributed by atoms with Gasteiger partial charge in [-0.05, 0) is 18.4 Å². The Bertz CT molecular complexity index is 383. The maximum Gasteiger partial charge on any atom is 0.0794 e. The van der Waals surface area contributed by atoms with E-state index in [-0.39, 0.29) is 6.04 Å². The molecule has 0 bridgehead atoms. The summed E-state index contributed by atoms with van der Waals surface area (Å²) >= 11 is 1.67. The van der Waals surface area contributed by atoms with Gasteiger partial charge in [0.15, 0.2) is 0 Å². The van der Waals surface area contributed by atoms with E-state index in [1.807, 2.05) is 17.8 Å². The smallest absolute Gasteiger partial charge is 0.0794 e. The quantitative estimate of drug-likeness (QED) is 0.855. The largest absolute Gasteiger partial charge is 0.327 e. The highest BCUT2D eigenvalue weighted by atomic mass is 32.1. The van der Waals surface area contributed by atoms with Gasteiger partial charge in [-0.3, -0.25) is 4.98 Å². The third kappa shape index (κ3) is 3.15. The summed E-state index contributed by atoms with van der Waals surface area (Å²) in [5.74, 6) is 0. The molecule has 1 heterocycles. The molecule has 1 aromatic carbocycles.